The third kappa shape index (κ3) is 3.92. The van der Waals surface area contributed by atoms with Crippen molar-refractivity contribution in [2.45, 2.75) is 32.4 Å². The number of aromatic nitrogens is 1. The van der Waals surface area contributed by atoms with E-state index in [0.29, 0.717) is 11.7 Å². The lowest BCUT2D eigenvalue weighted by molar-refractivity contribution is 0.0519. The highest BCUT2D eigenvalue weighted by Gasteiger charge is 2.30. The molecule has 1 N–H and O–H groups in total. The number of hydrogen-bond donors (Lipinski definition) is 1. The molecule has 0 atom stereocenters. The lowest BCUT2D eigenvalue weighted by Gasteiger charge is -2.22. The van der Waals surface area contributed by atoms with Gasteiger partial charge in [0.15, 0.2) is 20.7 Å². The minimum Gasteiger partial charge on any atom is -0.461 e. The van der Waals surface area contributed by atoms with E-state index >= 15 is 0 Å². The topological polar surface area (TPSA) is 85.4 Å². The molecular formula is C12H20N2O4S2. The molecule has 0 aliphatic rings. The third-order valence-electron chi connectivity index (χ3n) is 2.93. The molecule has 20 heavy (non-hydrogen) atoms. The Bertz CT molecular complexity index is 591. The first-order valence-corrected chi connectivity index (χ1v) is 8.87. The van der Waals surface area contributed by atoms with Gasteiger partial charge in [-0.1, -0.05) is 0 Å². The first-order chi connectivity index (χ1) is 9.08. The number of ether oxygens (including phenoxy) is 1. The van der Waals surface area contributed by atoms with E-state index in [0.717, 1.165) is 4.88 Å². The van der Waals surface area contributed by atoms with E-state index in [1.807, 2.05) is 0 Å². The summed E-state index contributed by atoms with van der Waals surface area (Å²) in [6, 6.07) is 0. The first-order valence-electron chi connectivity index (χ1n) is 6.16. The van der Waals surface area contributed by atoms with Crippen molar-refractivity contribution in [3.63, 3.8) is 0 Å². The third-order valence-corrected chi connectivity index (χ3v) is 6.01. The smallest absolute Gasteiger partial charge is 0.358 e. The minimum absolute atomic E-state index is 0.223. The van der Waals surface area contributed by atoms with Crippen LogP contribution in [0.15, 0.2) is 0 Å². The van der Waals surface area contributed by atoms with Gasteiger partial charge in [-0.25, -0.2) is 18.2 Å². The summed E-state index contributed by atoms with van der Waals surface area (Å²) in [6.07, 6.45) is 1.20. The van der Waals surface area contributed by atoms with Crippen LogP contribution in [0.5, 0.6) is 0 Å². The SMILES string of the molecule is CCOC(=O)c1nc(NCC(C)(C)S(C)(=O)=O)sc1C. The van der Waals surface area contributed by atoms with E-state index < -0.39 is 20.6 Å². The van der Waals surface area contributed by atoms with Crippen LogP contribution >= 0.6 is 11.3 Å². The summed E-state index contributed by atoms with van der Waals surface area (Å²) in [5.74, 6) is -0.461. The molecule has 0 unspecified atom stereocenters. The van der Waals surface area contributed by atoms with Crippen molar-refractivity contribution in [3.8, 4) is 0 Å². The number of rotatable bonds is 6. The molecule has 0 radical (unpaired) electrons. The average Bonchev–Trinajstić information content (AvgIpc) is 2.67. The van der Waals surface area contributed by atoms with Crippen molar-refractivity contribution < 1.29 is 17.9 Å². The molecule has 1 rings (SSSR count). The van der Waals surface area contributed by atoms with Gasteiger partial charge in [0.05, 0.1) is 11.4 Å². The Morgan fingerprint density at radius 3 is 2.55 bits per heavy atom. The summed E-state index contributed by atoms with van der Waals surface area (Å²) in [4.78, 5) is 16.5. The molecule has 1 heterocycles. The van der Waals surface area contributed by atoms with Crippen LogP contribution in [0.2, 0.25) is 0 Å². The van der Waals surface area contributed by atoms with Crippen molar-refractivity contribution in [1.82, 2.24) is 4.98 Å². The zero-order chi connectivity index (χ0) is 15.6. The largest absolute Gasteiger partial charge is 0.461 e. The molecule has 0 aromatic carbocycles. The summed E-state index contributed by atoms with van der Waals surface area (Å²) in [6.45, 7) is 7.30. The average molecular weight is 320 g/mol. The Labute approximate surface area is 123 Å². The van der Waals surface area contributed by atoms with Crippen molar-refractivity contribution in [2.24, 2.45) is 0 Å². The number of anilines is 1. The lowest BCUT2D eigenvalue weighted by atomic mass is 10.2. The fraction of sp³-hybridized carbons (Fsp3) is 0.667. The van der Waals surface area contributed by atoms with Crippen LogP contribution in [-0.4, -0.2) is 43.5 Å². The monoisotopic (exact) mass is 320 g/mol. The van der Waals surface area contributed by atoms with Gasteiger partial charge in [0, 0.05) is 17.7 Å². The maximum atomic E-state index is 11.6. The molecule has 6 nitrogen and oxygen atoms in total. The second-order valence-corrected chi connectivity index (χ2v) is 8.88. The number of thiazole rings is 1. The Kier molecular flexibility index (Phi) is 5.15. The number of aryl methyl sites for hydroxylation is 1. The number of hydrogen-bond acceptors (Lipinski definition) is 7. The molecule has 0 amide bonds. The number of sulfone groups is 1. The summed E-state index contributed by atoms with van der Waals surface area (Å²) in [5.41, 5.74) is 0.275. The summed E-state index contributed by atoms with van der Waals surface area (Å²) >= 11 is 1.30. The van der Waals surface area contributed by atoms with E-state index in [4.69, 9.17) is 4.74 Å². The van der Waals surface area contributed by atoms with E-state index in [-0.39, 0.29) is 12.2 Å². The van der Waals surface area contributed by atoms with Gasteiger partial charge in [-0.3, -0.25) is 0 Å². The molecule has 114 valence electrons. The predicted molar refractivity (Wildman–Crippen MR) is 80.2 cm³/mol. The molecule has 1 aromatic heterocycles. The van der Waals surface area contributed by atoms with Crippen molar-refractivity contribution in [3.05, 3.63) is 10.6 Å². The molecule has 0 saturated carbocycles. The lowest BCUT2D eigenvalue weighted by Crippen LogP contribution is -2.38. The van der Waals surface area contributed by atoms with Gasteiger partial charge >= 0.3 is 5.97 Å². The van der Waals surface area contributed by atoms with E-state index in [2.05, 4.69) is 10.3 Å². The number of carbonyl (C=O) groups is 1. The Morgan fingerprint density at radius 1 is 1.45 bits per heavy atom. The summed E-state index contributed by atoms with van der Waals surface area (Å²) < 4.78 is 27.2. The van der Waals surface area contributed by atoms with Gasteiger partial charge in [0.2, 0.25) is 0 Å². The maximum absolute atomic E-state index is 11.6. The van der Waals surface area contributed by atoms with Gasteiger partial charge < -0.3 is 10.1 Å². The van der Waals surface area contributed by atoms with Crippen molar-refractivity contribution in [1.29, 1.82) is 0 Å². The zero-order valence-corrected chi connectivity index (χ0v) is 13.9. The molecule has 0 spiro atoms. The first kappa shape index (κ1) is 16.9. The van der Waals surface area contributed by atoms with Gasteiger partial charge in [-0.15, -0.1) is 11.3 Å². The number of nitrogens with one attached hydrogen (secondary N) is 1. The van der Waals surface area contributed by atoms with E-state index in [1.54, 1.807) is 27.7 Å². The fourth-order valence-electron chi connectivity index (χ4n) is 1.28. The Balaban J connectivity index is 2.81. The van der Waals surface area contributed by atoms with Gasteiger partial charge in [-0.05, 0) is 27.7 Å². The molecule has 0 aliphatic carbocycles. The van der Waals surface area contributed by atoms with Crippen LogP contribution < -0.4 is 5.32 Å². The van der Waals surface area contributed by atoms with Crippen LogP contribution in [0.25, 0.3) is 0 Å². The second-order valence-electron chi connectivity index (χ2n) is 5.03. The van der Waals surface area contributed by atoms with E-state index in [9.17, 15) is 13.2 Å². The molecule has 0 saturated heterocycles. The van der Waals surface area contributed by atoms with E-state index in [1.165, 1.54) is 17.6 Å². The highest BCUT2D eigenvalue weighted by molar-refractivity contribution is 7.92. The van der Waals surface area contributed by atoms with Crippen LogP contribution in [0.1, 0.15) is 36.1 Å². The van der Waals surface area contributed by atoms with Crippen LogP contribution in [0.4, 0.5) is 5.13 Å². The number of nitrogens with zero attached hydrogens (tertiary/aromatic N) is 1. The quantitative estimate of drug-likeness (QED) is 0.805. The Hall–Kier alpha value is -1.15. The molecule has 1 aromatic rings. The standard InChI is InChI=1S/C12H20N2O4S2/c1-6-18-10(15)9-8(2)19-11(14-9)13-7-12(3,4)20(5,16)17/h6-7H2,1-5H3,(H,13,14). The van der Waals surface area contributed by atoms with Crippen molar-refractivity contribution in [2.75, 3.05) is 24.7 Å². The van der Waals surface area contributed by atoms with Gasteiger partial charge in [0.25, 0.3) is 0 Å². The Morgan fingerprint density at radius 2 is 2.05 bits per heavy atom. The van der Waals surface area contributed by atoms with Crippen LogP contribution in [0, 0.1) is 6.92 Å². The summed E-state index contributed by atoms with van der Waals surface area (Å²) in [7, 11) is -3.18. The van der Waals surface area contributed by atoms with Crippen molar-refractivity contribution >= 4 is 32.3 Å². The maximum Gasteiger partial charge on any atom is 0.358 e. The van der Waals surface area contributed by atoms with Crippen LogP contribution in [-0.2, 0) is 14.6 Å². The molecular weight excluding hydrogens is 300 g/mol. The minimum atomic E-state index is -3.18. The summed E-state index contributed by atoms with van der Waals surface area (Å²) in [5, 5.41) is 3.49. The molecule has 8 heteroatoms. The number of esters is 1. The van der Waals surface area contributed by atoms with Gasteiger partial charge in [-0.2, -0.15) is 0 Å². The highest BCUT2D eigenvalue weighted by atomic mass is 32.2. The predicted octanol–water partition coefficient (Wildman–Crippen LogP) is 1.86. The fourth-order valence-corrected chi connectivity index (χ4v) is 2.41. The van der Waals surface area contributed by atoms with Gasteiger partial charge in [0.1, 0.15) is 0 Å². The number of carbonyl (C=O) groups excluding carboxylic acids is 1. The zero-order valence-electron chi connectivity index (χ0n) is 12.3. The molecule has 0 bridgehead atoms. The molecule has 0 aliphatic heterocycles. The highest BCUT2D eigenvalue weighted by Crippen LogP contribution is 2.24. The molecule has 0 fully saturated rings. The normalized spacial score (nSPS) is 12.2. The van der Waals surface area contributed by atoms with Crippen LogP contribution in [0.3, 0.4) is 0 Å². The second kappa shape index (κ2) is 6.09.